The number of halogens is 3. The number of nitrogens with one attached hydrogen (secondary N) is 2. The smallest absolute Gasteiger partial charge is 0.387 e. The van der Waals surface area contributed by atoms with Crippen LogP contribution in [0, 0.1) is 5.41 Å². The SMILES string of the molecule is COCC1(C(=O)NCCc2ccc(OC)c(OC(F)F)c2)CCNCC1.Cl. The van der Waals surface area contributed by atoms with Gasteiger partial charge in [0.1, 0.15) is 0 Å². The number of carbonyl (C=O) groups excluding carboxylic acids is 1. The van der Waals surface area contributed by atoms with Crippen molar-refractivity contribution < 1.29 is 27.8 Å². The predicted octanol–water partition coefficient (Wildman–Crippen LogP) is 2.39. The zero-order chi connectivity index (χ0) is 19.0. The molecule has 1 heterocycles. The van der Waals surface area contributed by atoms with Crippen LogP contribution in [0.4, 0.5) is 8.78 Å². The minimum Gasteiger partial charge on any atom is -0.493 e. The Balaban J connectivity index is 0.00000364. The summed E-state index contributed by atoms with van der Waals surface area (Å²) in [6.07, 6.45) is 1.94. The summed E-state index contributed by atoms with van der Waals surface area (Å²) < 4.78 is 39.7. The van der Waals surface area contributed by atoms with Crippen LogP contribution in [0.25, 0.3) is 0 Å². The number of carbonyl (C=O) groups is 1. The van der Waals surface area contributed by atoms with E-state index in [0.29, 0.717) is 19.6 Å². The van der Waals surface area contributed by atoms with E-state index >= 15 is 0 Å². The molecule has 27 heavy (non-hydrogen) atoms. The minimum atomic E-state index is -2.92. The van der Waals surface area contributed by atoms with Gasteiger partial charge in [-0.1, -0.05) is 6.07 Å². The monoisotopic (exact) mass is 408 g/mol. The molecule has 0 radical (unpaired) electrons. The van der Waals surface area contributed by atoms with E-state index in [2.05, 4.69) is 15.4 Å². The van der Waals surface area contributed by atoms with Crippen molar-refractivity contribution in [1.82, 2.24) is 10.6 Å². The molecule has 1 aliphatic rings. The van der Waals surface area contributed by atoms with Gasteiger partial charge in [-0.05, 0) is 50.0 Å². The van der Waals surface area contributed by atoms with Crippen molar-refractivity contribution in [1.29, 1.82) is 0 Å². The highest BCUT2D eigenvalue weighted by Crippen LogP contribution is 2.30. The summed E-state index contributed by atoms with van der Waals surface area (Å²) in [5, 5.41) is 6.19. The highest BCUT2D eigenvalue weighted by Gasteiger charge is 2.39. The van der Waals surface area contributed by atoms with Crippen molar-refractivity contribution in [3.8, 4) is 11.5 Å². The molecular formula is C18H27ClF2N2O4. The first-order valence-corrected chi connectivity index (χ1v) is 8.60. The number of hydrogen-bond acceptors (Lipinski definition) is 5. The molecule has 2 N–H and O–H groups in total. The van der Waals surface area contributed by atoms with Gasteiger partial charge in [-0.2, -0.15) is 8.78 Å². The van der Waals surface area contributed by atoms with E-state index in [1.165, 1.54) is 13.2 Å². The fourth-order valence-electron chi connectivity index (χ4n) is 3.19. The molecule has 154 valence electrons. The highest BCUT2D eigenvalue weighted by atomic mass is 35.5. The van der Waals surface area contributed by atoms with E-state index in [1.807, 2.05) is 0 Å². The molecule has 0 saturated carbocycles. The Bertz CT molecular complexity index is 593. The highest BCUT2D eigenvalue weighted by molar-refractivity contribution is 5.85. The first-order valence-electron chi connectivity index (χ1n) is 8.60. The second-order valence-corrected chi connectivity index (χ2v) is 6.33. The lowest BCUT2D eigenvalue weighted by Crippen LogP contribution is -2.50. The van der Waals surface area contributed by atoms with Gasteiger partial charge in [0.15, 0.2) is 11.5 Å². The maximum Gasteiger partial charge on any atom is 0.387 e. The van der Waals surface area contributed by atoms with Crippen molar-refractivity contribution in [2.45, 2.75) is 25.9 Å². The Kier molecular flexibility index (Phi) is 9.76. The average Bonchev–Trinajstić information content (AvgIpc) is 2.62. The van der Waals surface area contributed by atoms with Crippen molar-refractivity contribution in [3.05, 3.63) is 23.8 Å². The molecule has 1 saturated heterocycles. The number of methoxy groups -OCH3 is 2. The number of hydrogen-bond donors (Lipinski definition) is 2. The lowest BCUT2D eigenvalue weighted by atomic mass is 9.78. The number of rotatable bonds is 9. The van der Waals surface area contributed by atoms with E-state index in [0.717, 1.165) is 31.5 Å². The van der Waals surface area contributed by atoms with Gasteiger partial charge in [-0.3, -0.25) is 4.79 Å². The molecular weight excluding hydrogens is 382 g/mol. The van der Waals surface area contributed by atoms with E-state index in [9.17, 15) is 13.6 Å². The largest absolute Gasteiger partial charge is 0.493 e. The lowest BCUT2D eigenvalue weighted by molar-refractivity contribution is -0.136. The van der Waals surface area contributed by atoms with Gasteiger partial charge < -0.3 is 24.8 Å². The second kappa shape index (κ2) is 11.3. The lowest BCUT2D eigenvalue weighted by Gasteiger charge is -2.35. The molecule has 0 bridgehead atoms. The van der Waals surface area contributed by atoms with Crippen molar-refractivity contribution >= 4 is 18.3 Å². The van der Waals surface area contributed by atoms with E-state index in [-0.39, 0.29) is 29.8 Å². The average molecular weight is 409 g/mol. The van der Waals surface area contributed by atoms with Crippen LogP contribution in [0.3, 0.4) is 0 Å². The van der Waals surface area contributed by atoms with Crippen LogP contribution in [0.15, 0.2) is 18.2 Å². The predicted molar refractivity (Wildman–Crippen MR) is 100 cm³/mol. The molecule has 0 aliphatic carbocycles. The van der Waals surface area contributed by atoms with Gasteiger partial charge >= 0.3 is 6.61 Å². The fraction of sp³-hybridized carbons (Fsp3) is 0.611. The molecule has 0 unspecified atom stereocenters. The molecule has 1 aromatic carbocycles. The molecule has 0 spiro atoms. The number of amides is 1. The topological polar surface area (TPSA) is 68.8 Å². The Morgan fingerprint density at radius 3 is 2.56 bits per heavy atom. The van der Waals surface area contributed by atoms with Gasteiger partial charge in [0, 0.05) is 13.7 Å². The zero-order valence-electron chi connectivity index (χ0n) is 15.6. The summed E-state index contributed by atoms with van der Waals surface area (Å²) in [7, 11) is 2.99. The Hall–Kier alpha value is -1.64. The first-order chi connectivity index (χ1) is 12.5. The van der Waals surface area contributed by atoms with Crippen molar-refractivity contribution in [3.63, 3.8) is 0 Å². The Morgan fingerprint density at radius 2 is 1.96 bits per heavy atom. The Morgan fingerprint density at radius 1 is 1.26 bits per heavy atom. The quantitative estimate of drug-likeness (QED) is 0.656. The molecule has 2 rings (SSSR count). The minimum absolute atomic E-state index is 0. The van der Waals surface area contributed by atoms with E-state index in [1.54, 1.807) is 19.2 Å². The standard InChI is InChI=1S/C18H26F2N2O4.ClH/c1-24-12-18(6-9-21-10-7-18)16(23)22-8-5-13-3-4-14(25-2)15(11-13)26-17(19)20;/h3-4,11,17,21H,5-10,12H2,1-2H3,(H,22,23);1H. The number of alkyl halides is 2. The third-order valence-electron chi connectivity index (χ3n) is 4.61. The van der Waals surface area contributed by atoms with Crippen LogP contribution >= 0.6 is 12.4 Å². The van der Waals surface area contributed by atoms with Gasteiger partial charge in [-0.15, -0.1) is 12.4 Å². The van der Waals surface area contributed by atoms with Crippen LogP contribution in [-0.2, 0) is 16.0 Å². The van der Waals surface area contributed by atoms with Crippen LogP contribution in [0.1, 0.15) is 18.4 Å². The van der Waals surface area contributed by atoms with Gasteiger partial charge in [0.2, 0.25) is 5.91 Å². The summed E-state index contributed by atoms with van der Waals surface area (Å²) in [4.78, 5) is 12.7. The Labute approximate surface area is 164 Å². The number of ether oxygens (including phenoxy) is 3. The van der Waals surface area contributed by atoms with Crippen LogP contribution < -0.4 is 20.1 Å². The summed E-state index contributed by atoms with van der Waals surface area (Å²) in [5.74, 6) is 0.200. The van der Waals surface area contributed by atoms with E-state index in [4.69, 9.17) is 9.47 Å². The van der Waals surface area contributed by atoms with Gasteiger partial charge in [-0.25, -0.2) is 0 Å². The molecule has 1 aliphatic heterocycles. The normalized spacial score (nSPS) is 15.7. The molecule has 1 aromatic rings. The molecule has 9 heteroatoms. The van der Waals surface area contributed by atoms with E-state index < -0.39 is 12.0 Å². The van der Waals surface area contributed by atoms with Crippen molar-refractivity contribution in [2.24, 2.45) is 5.41 Å². The molecule has 1 amide bonds. The maximum absolute atomic E-state index is 12.7. The number of benzene rings is 1. The molecule has 0 atom stereocenters. The van der Waals surface area contributed by atoms with Gasteiger partial charge in [0.25, 0.3) is 0 Å². The first kappa shape index (κ1) is 23.4. The number of piperidine rings is 1. The second-order valence-electron chi connectivity index (χ2n) is 6.33. The van der Waals surface area contributed by atoms with Crippen LogP contribution in [0.5, 0.6) is 11.5 Å². The summed E-state index contributed by atoms with van der Waals surface area (Å²) >= 11 is 0. The van der Waals surface area contributed by atoms with Crippen molar-refractivity contribution in [2.75, 3.05) is 40.5 Å². The molecule has 1 fully saturated rings. The maximum atomic E-state index is 12.7. The van der Waals surface area contributed by atoms with Crippen LogP contribution in [0.2, 0.25) is 0 Å². The third kappa shape index (κ3) is 6.48. The summed E-state index contributed by atoms with van der Waals surface area (Å²) in [5.41, 5.74) is 0.261. The molecule has 6 nitrogen and oxygen atoms in total. The van der Waals surface area contributed by atoms with Gasteiger partial charge in [0.05, 0.1) is 19.1 Å². The summed E-state index contributed by atoms with van der Waals surface area (Å²) in [6, 6.07) is 4.85. The zero-order valence-corrected chi connectivity index (χ0v) is 16.4. The third-order valence-corrected chi connectivity index (χ3v) is 4.61. The summed E-state index contributed by atoms with van der Waals surface area (Å²) in [6.45, 7) is -0.575. The van der Waals surface area contributed by atoms with Crippen LogP contribution in [-0.4, -0.2) is 53.0 Å². The fourth-order valence-corrected chi connectivity index (χ4v) is 3.19. The molecule has 0 aromatic heterocycles.